The van der Waals surface area contributed by atoms with E-state index in [9.17, 15) is 0 Å². The lowest BCUT2D eigenvalue weighted by Crippen LogP contribution is -2.08. The molecule has 1 N–H and O–H groups in total. The summed E-state index contributed by atoms with van der Waals surface area (Å²) in [6.07, 6.45) is 4.86. The molecule has 0 unspecified atom stereocenters. The average Bonchev–Trinajstić information content (AvgIpc) is 2.98. The third-order valence-electron chi connectivity index (χ3n) is 2.31. The Kier molecular flexibility index (Phi) is 4.52. The van der Waals surface area contributed by atoms with Gasteiger partial charge in [0.2, 0.25) is 5.13 Å². The Bertz CT molecular complexity index is 426. The maximum Gasteiger partial charge on any atom is 0.202 e. The van der Waals surface area contributed by atoms with Gasteiger partial charge in [0.25, 0.3) is 0 Å². The van der Waals surface area contributed by atoms with Gasteiger partial charge in [-0.1, -0.05) is 0 Å². The maximum atomic E-state index is 4.99. The van der Waals surface area contributed by atoms with Gasteiger partial charge < -0.3 is 14.6 Å². The van der Waals surface area contributed by atoms with Crippen molar-refractivity contribution >= 4 is 16.7 Å². The molecule has 0 aliphatic carbocycles. The zero-order valence-electron chi connectivity index (χ0n) is 9.80. The van der Waals surface area contributed by atoms with Gasteiger partial charge in [-0.05, 0) is 12.1 Å². The van der Waals surface area contributed by atoms with E-state index in [4.69, 9.17) is 4.74 Å². The maximum absolute atomic E-state index is 4.99. The Hall–Kier alpha value is -1.40. The molecule has 0 amide bonds. The van der Waals surface area contributed by atoms with E-state index >= 15 is 0 Å². The SMILES string of the molecule is COCCc1nsc(NCCn2cccc2)n1. The second kappa shape index (κ2) is 6.36. The third-order valence-corrected chi connectivity index (χ3v) is 3.02. The highest BCUT2D eigenvalue weighted by Gasteiger charge is 2.02. The van der Waals surface area contributed by atoms with E-state index in [-0.39, 0.29) is 0 Å². The molecular weight excluding hydrogens is 236 g/mol. The van der Waals surface area contributed by atoms with Crippen LogP contribution < -0.4 is 5.32 Å². The number of ether oxygens (including phenoxy) is 1. The van der Waals surface area contributed by atoms with Crippen molar-refractivity contribution in [1.29, 1.82) is 0 Å². The van der Waals surface area contributed by atoms with Crippen molar-refractivity contribution in [2.45, 2.75) is 13.0 Å². The van der Waals surface area contributed by atoms with Crippen molar-refractivity contribution in [3.63, 3.8) is 0 Å². The fourth-order valence-corrected chi connectivity index (χ4v) is 2.07. The van der Waals surface area contributed by atoms with Gasteiger partial charge in [-0.2, -0.15) is 4.37 Å². The number of rotatable bonds is 7. The number of anilines is 1. The van der Waals surface area contributed by atoms with E-state index in [0.717, 1.165) is 30.5 Å². The Balaban J connectivity index is 1.73. The van der Waals surface area contributed by atoms with Crippen LogP contribution in [0.3, 0.4) is 0 Å². The highest BCUT2D eigenvalue weighted by Crippen LogP contribution is 2.10. The van der Waals surface area contributed by atoms with Crippen LogP contribution in [0.5, 0.6) is 0 Å². The highest BCUT2D eigenvalue weighted by atomic mass is 32.1. The number of nitrogens with one attached hydrogen (secondary N) is 1. The summed E-state index contributed by atoms with van der Waals surface area (Å²) in [5.41, 5.74) is 0. The van der Waals surface area contributed by atoms with Crippen LogP contribution in [0.2, 0.25) is 0 Å². The molecule has 0 spiro atoms. The lowest BCUT2D eigenvalue weighted by atomic mass is 10.4. The van der Waals surface area contributed by atoms with E-state index in [1.807, 2.05) is 24.5 Å². The molecule has 0 saturated heterocycles. The summed E-state index contributed by atoms with van der Waals surface area (Å²) in [7, 11) is 1.68. The molecule has 2 aromatic rings. The second-order valence-corrected chi connectivity index (χ2v) is 4.36. The number of hydrogen-bond donors (Lipinski definition) is 1. The van der Waals surface area contributed by atoms with Gasteiger partial charge in [-0.15, -0.1) is 0 Å². The molecule has 0 aliphatic rings. The van der Waals surface area contributed by atoms with Crippen molar-refractivity contribution in [1.82, 2.24) is 13.9 Å². The fraction of sp³-hybridized carbons (Fsp3) is 0.455. The summed E-state index contributed by atoms with van der Waals surface area (Å²) in [6, 6.07) is 4.04. The lowest BCUT2D eigenvalue weighted by Gasteiger charge is -2.02. The molecule has 0 bridgehead atoms. The van der Waals surface area contributed by atoms with E-state index in [2.05, 4.69) is 19.2 Å². The second-order valence-electron chi connectivity index (χ2n) is 3.61. The van der Waals surface area contributed by atoms with Gasteiger partial charge in [0.1, 0.15) is 5.82 Å². The normalized spacial score (nSPS) is 10.6. The Labute approximate surface area is 105 Å². The molecule has 2 rings (SSSR count). The topological polar surface area (TPSA) is 52.0 Å². The minimum atomic E-state index is 0.666. The molecule has 0 aliphatic heterocycles. The quantitative estimate of drug-likeness (QED) is 0.814. The first kappa shape index (κ1) is 12.1. The minimum absolute atomic E-state index is 0.666. The molecule has 0 saturated carbocycles. The van der Waals surface area contributed by atoms with Crippen molar-refractivity contribution in [3.8, 4) is 0 Å². The summed E-state index contributed by atoms with van der Waals surface area (Å²) < 4.78 is 11.4. The Morgan fingerprint density at radius 2 is 2.24 bits per heavy atom. The van der Waals surface area contributed by atoms with E-state index in [0.29, 0.717) is 6.61 Å². The largest absolute Gasteiger partial charge is 0.384 e. The van der Waals surface area contributed by atoms with E-state index in [1.54, 1.807) is 7.11 Å². The fourth-order valence-electron chi connectivity index (χ4n) is 1.43. The number of methoxy groups -OCH3 is 1. The molecule has 5 nitrogen and oxygen atoms in total. The molecule has 0 atom stereocenters. The van der Waals surface area contributed by atoms with Crippen LogP contribution in [0.4, 0.5) is 5.13 Å². The summed E-state index contributed by atoms with van der Waals surface area (Å²) >= 11 is 1.40. The zero-order valence-corrected chi connectivity index (χ0v) is 10.6. The molecule has 6 heteroatoms. The van der Waals surface area contributed by atoms with Gasteiger partial charge in [-0.3, -0.25) is 0 Å². The first-order chi connectivity index (χ1) is 8.38. The summed E-state index contributed by atoms with van der Waals surface area (Å²) in [5, 5.41) is 4.14. The average molecular weight is 252 g/mol. The standard InChI is InChI=1S/C11H16N4OS/c1-16-9-4-10-13-11(17-14-10)12-5-8-15-6-2-3-7-15/h2-3,6-7H,4-5,8-9H2,1H3,(H,12,13,14). The Morgan fingerprint density at radius 1 is 1.41 bits per heavy atom. The van der Waals surface area contributed by atoms with Crippen LogP contribution in [-0.4, -0.2) is 34.2 Å². The van der Waals surface area contributed by atoms with Gasteiger partial charge in [-0.25, -0.2) is 4.98 Å². The van der Waals surface area contributed by atoms with Crippen LogP contribution >= 0.6 is 11.5 Å². The molecule has 0 radical (unpaired) electrons. The predicted octanol–water partition coefficient (Wildman–Crippen LogP) is 1.64. The summed E-state index contributed by atoms with van der Waals surface area (Å²) in [5.74, 6) is 0.848. The molecular formula is C11H16N4OS. The molecule has 2 aromatic heterocycles. The molecule has 2 heterocycles. The van der Waals surface area contributed by atoms with Crippen LogP contribution in [0.15, 0.2) is 24.5 Å². The van der Waals surface area contributed by atoms with E-state index < -0.39 is 0 Å². The third kappa shape index (κ3) is 3.83. The van der Waals surface area contributed by atoms with E-state index in [1.165, 1.54) is 11.5 Å². The first-order valence-electron chi connectivity index (χ1n) is 5.54. The van der Waals surface area contributed by atoms with Crippen LogP contribution in [-0.2, 0) is 17.7 Å². The van der Waals surface area contributed by atoms with Crippen molar-refractivity contribution in [3.05, 3.63) is 30.4 Å². The Morgan fingerprint density at radius 3 is 3.00 bits per heavy atom. The predicted molar refractivity (Wildman–Crippen MR) is 68.4 cm³/mol. The van der Waals surface area contributed by atoms with Crippen LogP contribution in [0.1, 0.15) is 5.82 Å². The highest BCUT2D eigenvalue weighted by molar-refractivity contribution is 7.09. The van der Waals surface area contributed by atoms with Gasteiger partial charge in [0.15, 0.2) is 0 Å². The summed E-state index contributed by atoms with van der Waals surface area (Å²) in [4.78, 5) is 4.37. The van der Waals surface area contributed by atoms with Crippen molar-refractivity contribution in [2.24, 2.45) is 0 Å². The lowest BCUT2D eigenvalue weighted by molar-refractivity contribution is 0.201. The first-order valence-corrected chi connectivity index (χ1v) is 6.32. The van der Waals surface area contributed by atoms with Crippen molar-refractivity contribution in [2.75, 3.05) is 25.6 Å². The monoisotopic (exact) mass is 252 g/mol. The molecule has 92 valence electrons. The molecule has 0 fully saturated rings. The number of nitrogens with zero attached hydrogens (tertiary/aromatic N) is 3. The van der Waals surface area contributed by atoms with Crippen LogP contribution in [0, 0.1) is 0 Å². The zero-order chi connectivity index (χ0) is 11.9. The number of aromatic nitrogens is 3. The smallest absolute Gasteiger partial charge is 0.202 e. The molecule has 0 aromatic carbocycles. The van der Waals surface area contributed by atoms with Gasteiger partial charge >= 0.3 is 0 Å². The number of hydrogen-bond acceptors (Lipinski definition) is 5. The molecule has 17 heavy (non-hydrogen) atoms. The van der Waals surface area contributed by atoms with Gasteiger partial charge in [0, 0.05) is 50.5 Å². The van der Waals surface area contributed by atoms with Crippen molar-refractivity contribution < 1.29 is 4.74 Å². The van der Waals surface area contributed by atoms with Gasteiger partial charge in [0.05, 0.1) is 6.61 Å². The van der Waals surface area contributed by atoms with Crippen LogP contribution in [0.25, 0.3) is 0 Å². The minimum Gasteiger partial charge on any atom is -0.384 e. The summed E-state index contributed by atoms with van der Waals surface area (Å²) in [6.45, 7) is 2.45.